The van der Waals surface area contributed by atoms with Crippen molar-refractivity contribution in [3.63, 3.8) is 0 Å². The van der Waals surface area contributed by atoms with Gasteiger partial charge in [0.15, 0.2) is 23.3 Å². The van der Waals surface area contributed by atoms with Gasteiger partial charge in [-0.2, -0.15) is 0 Å². The minimum absolute atomic E-state index is 0.0271. The lowest BCUT2D eigenvalue weighted by Crippen LogP contribution is -2.40. The summed E-state index contributed by atoms with van der Waals surface area (Å²) in [5.74, 6) is -1.29. The molecule has 2 aromatic carbocycles. The molecule has 3 amide bonds. The van der Waals surface area contributed by atoms with Crippen molar-refractivity contribution in [1.29, 1.82) is 0 Å². The number of nitrogens with one attached hydrogen (secondary N) is 3. The van der Waals surface area contributed by atoms with E-state index in [9.17, 15) is 18.4 Å². The second-order valence-electron chi connectivity index (χ2n) is 9.13. The van der Waals surface area contributed by atoms with E-state index in [4.69, 9.17) is 21.7 Å². The standard InChI is InChI=1S/C27H29F2N7O4S/c1-35(10-2-11-36-12-3-13-36)27(38)33-23-15-25(31-17-30-23)40-22-9-6-19(14-21(22)29)32-26(41)34-24(37)16-39-20-7-4-18(28)5-8-20/h4-9,14-15,17H,2-3,10-13,16H2,1H3,(H,30,31,33,38)(H2,32,34,37,41). The second-order valence-corrected chi connectivity index (χ2v) is 9.54. The molecule has 0 spiro atoms. The minimum atomic E-state index is -0.727. The van der Waals surface area contributed by atoms with Gasteiger partial charge in [0, 0.05) is 31.4 Å². The van der Waals surface area contributed by atoms with E-state index in [1.54, 1.807) is 11.9 Å². The number of anilines is 2. The Kier molecular flexibility index (Phi) is 10.3. The molecule has 0 aliphatic carbocycles. The third-order valence-electron chi connectivity index (χ3n) is 5.98. The van der Waals surface area contributed by atoms with Crippen molar-refractivity contribution in [2.45, 2.75) is 12.8 Å². The minimum Gasteiger partial charge on any atom is -0.484 e. The van der Waals surface area contributed by atoms with Gasteiger partial charge in [0.25, 0.3) is 5.91 Å². The molecule has 11 nitrogen and oxygen atoms in total. The van der Waals surface area contributed by atoms with E-state index in [2.05, 4.69) is 30.8 Å². The molecule has 0 atom stereocenters. The molecule has 2 heterocycles. The Morgan fingerprint density at radius 3 is 2.56 bits per heavy atom. The number of carbonyl (C=O) groups excluding carboxylic acids is 2. The second kappa shape index (κ2) is 14.3. The Bertz CT molecular complexity index is 1380. The SMILES string of the molecule is CN(CCCN1CCC1)C(=O)Nc1cc(Oc2ccc(NC(=S)NC(=O)COc3ccc(F)cc3)cc2F)ncn1. The van der Waals surface area contributed by atoms with Crippen LogP contribution >= 0.6 is 12.2 Å². The van der Waals surface area contributed by atoms with Crippen LogP contribution in [0.5, 0.6) is 17.4 Å². The summed E-state index contributed by atoms with van der Waals surface area (Å²) in [4.78, 5) is 36.4. The average Bonchev–Trinajstić information content (AvgIpc) is 2.91. The summed E-state index contributed by atoms with van der Waals surface area (Å²) in [5.41, 5.74) is 0.257. The first-order chi connectivity index (χ1) is 19.7. The van der Waals surface area contributed by atoms with Crippen molar-refractivity contribution in [1.82, 2.24) is 25.1 Å². The molecule has 0 unspecified atom stereocenters. The molecule has 1 fully saturated rings. The quantitative estimate of drug-likeness (QED) is 0.287. The van der Waals surface area contributed by atoms with Crippen LogP contribution in [-0.4, -0.2) is 76.7 Å². The Morgan fingerprint density at radius 1 is 1.07 bits per heavy atom. The van der Waals surface area contributed by atoms with Gasteiger partial charge in [-0.15, -0.1) is 0 Å². The van der Waals surface area contributed by atoms with Crippen LogP contribution in [0.15, 0.2) is 54.9 Å². The van der Waals surface area contributed by atoms with Crippen molar-refractivity contribution >= 4 is 40.8 Å². The van der Waals surface area contributed by atoms with Gasteiger partial charge in [-0.25, -0.2) is 23.5 Å². The van der Waals surface area contributed by atoms with Crippen molar-refractivity contribution in [2.75, 3.05) is 50.5 Å². The zero-order valence-electron chi connectivity index (χ0n) is 22.2. The van der Waals surface area contributed by atoms with E-state index < -0.39 is 17.5 Å². The van der Waals surface area contributed by atoms with Gasteiger partial charge in [-0.05, 0) is 81.1 Å². The molecular formula is C27H29F2N7O4S. The number of hydrogen-bond acceptors (Lipinski definition) is 8. The number of likely N-dealkylation sites (tertiary alicyclic amines) is 1. The third kappa shape index (κ3) is 9.32. The number of aromatic nitrogens is 2. The highest BCUT2D eigenvalue weighted by atomic mass is 32.1. The highest BCUT2D eigenvalue weighted by Gasteiger charge is 2.15. The van der Waals surface area contributed by atoms with Crippen LogP contribution in [0.1, 0.15) is 12.8 Å². The van der Waals surface area contributed by atoms with E-state index in [0.717, 1.165) is 32.1 Å². The van der Waals surface area contributed by atoms with E-state index in [-0.39, 0.29) is 40.9 Å². The molecule has 216 valence electrons. The maximum Gasteiger partial charge on any atom is 0.322 e. The van der Waals surface area contributed by atoms with Crippen LogP contribution in [0.4, 0.5) is 25.1 Å². The summed E-state index contributed by atoms with van der Waals surface area (Å²) in [7, 11) is 1.70. The van der Waals surface area contributed by atoms with Gasteiger partial charge in [0.05, 0.1) is 0 Å². The summed E-state index contributed by atoms with van der Waals surface area (Å²) in [5, 5.41) is 7.71. The zero-order chi connectivity index (χ0) is 29.2. The van der Waals surface area contributed by atoms with Crippen molar-refractivity contribution in [3.8, 4) is 17.4 Å². The van der Waals surface area contributed by atoms with Gasteiger partial charge in [-0.1, -0.05) is 0 Å². The zero-order valence-corrected chi connectivity index (χ0v) is 23.0. The fraction of sp³-hybridized carbons (Fsp3) is 0.296. The fourth-order valence-corrected chi connectivity index (χ4v) is 3.92. The van der Waals surface area contributed by atoms with Crippen LogP contribution < -0.4 is 25.4 Å². The van der Waals surface area contributed by atoms with Gasteiger partial charge in [0.1, 0.15) is 23.7 Å². The van der Waals surface area contributed by atoms with Crippen molar-refractivity contribution in [2.24, 2.45) is 0 Å². The number of carbonyl (C=O) groups is 2. The summed E-state index contributed by atoms with van der Waals surface area (Å²) < 4.78 is 38.5. The first-order valence-corrected chi connectivity index (χ1v) is 13.2. The lowest BCUT2D eigenvalue weighted by atomic mass is 10.2. The topological polar surface area (TPSA) is 121 Å². The van der Waals surface area contributed by atoms with Crippen molar-refractivity contribution < 1.29 is 27.8 Å². The van der Waals surface area contributed by atoms with Gasteiger partial charge in [0.2, 0.25) is 5.88 Å². The molecule has 1 aromatic heterocycles. The Morgan fingerprint density at radius 2 is 1.85 bits per heavy atom. The third-order valence-corrected chi connectivity index (χ3v) is 6.19. The van der Waals surface area contributed by atoms with Crippen molar-refractivity contribution in [3.05, 3.63) is 66.5 Å². The molecule has 1 aliphatic rings. The predicted octanol–water partition coefficient (Wildman–Crippen LogP) is 4.00. The number of nitrogens with zero attached hydrogens (tertiary/aromatic N) is 4. The van der Waals surface area contributed by atoms with Crippen LogP contribution in [0.2, 0.25) is 0 Å². The molecule has 1 saturated heterocycles. The maximum absolute atomic E-state index is 14.7. The Balaban J connectivity index is 1.23. The molecule has 41 heavy (non-hydrogen) atoms. The van der Waals surface area contributed by atoms with Crippen LogP contribution in [0, 0.1) is 11.6 Å². The highest BCUT2D eigenvalue weighted by Crippen LogP contribution is 2.26. The molecule has 1 aliphatic heterocycles. The summed E-state index contributed by atoms with van der Waals surface area (Å²) in [6.45, 7) is 3.42. The lowest BCUT2D eigenvalue weighted by Gasteiger charge is -2.31. The van der Waals surface area contributed by atoms with Gasteiger partial charge < -0.3 is 24.6 Å². The number of amides is 3. The number of urea groups is 1. The molecular weight excluding hydrogens is 556 g/mol. The molecule has 14 heteroatoms. The normalized spacial score (nSPS) is 12.6. The Labute approximate surface area is 240 Å². The fourth-order valence-electron chi connectivity index (χ4n) is 3.69. The van der Waals surface area contributed by atoms with E-state index >= 15 is 0 Å². The predicted molar refractivity (Wildman–Crippen MR) is 152 cm³/mol. The summed E-state index contributed by atoms with van der Waals surface area (Å²) >= 11 is 5.09. The first-order valence-electron chi connectivity index (χ1n) is 12.8. The molecule has 3 N–H and O–H groups in total. The summed E-state index contributed by atoms with van der Waals surface area (Å²) in [6, 6.07) is 10.2. The number of thiocarbonyl (C=S) groups is 1. The van der Waals surface area contributed by atoms with E-state index in [1.807, 2.05) is 0 Å². The molecule has 4 rings (SSSR count). The van der Waals surface area contributed by atoms with Gasteiger partial charge in [-0.3, -0.25) is 15.4 Å². The number of benzene rings is 2. The monoisotopic (exact) mass is 585 g/mol. The number of ether oxygens (including phenoxy) is 2. The molecule has 0 radical (unpaired) electrons. The van der Waals surface area contributed by atoms with Crippen LogP contribution in [0.25, 0.3) is 0 Å². The number of hydrogen-bond donors (Lipinski definition) is 3. The van der Waals surface area contributed by atoms with E-state index in [0.29, 0.717) is 12.3 Å². The molecule has 3 aromatic rings. The first kappa shape index (κ1) is 29.6. The number of rotatable bonds is 11. The van der Waals surface area contributed by atoms with Crippen LogP contribution in [-0.2, 0) is 4.79 Å². The number of halogens is 2. The summed E-state index contributed by atoms with van der Waals surface area (Å²) in [6.07, 6.45) is 3.30. The smallest absolute Gasteiger partial charge is 0.322 e. The lowest BCUT2D eigenvalue weighted by molar-refractivity contribution is -0.121. The molecule has 0 saturated carbocycles. The van der Waals surface area contributed by atoms with Crippen LogP contribution in [0.3, 0.4) is 0 Å². The van der Waals surface area contributed by atoms with Gasteiger partial charge >= 0.3 is 6.03 Å². The largest absolute Gasteiger partial charge is 0.484 e. The highest BCUT2D eigenvalue weighted by molar-refractivity contribution is 7.80. The molecule has 0 bridgehead atoms. The maximum atomic E-state index is 14.7. The Hall–Kier alpha value is -4.43. The van der Waals surface area contributed by atoms with E-state index in [1.165, 1.54) is 55.2 Å². The average molecular weight is 586 g/mol.